The molecular formula is C25H22F2GeN2S. The summed E-state index contributed by atoms with van der Waals surface area (Å²) in [6.45, 7) is 0. The van der Waals surface area contributed by atoms with E-state index in [2.05, 4.69) is 63.6 Å². The van der Waals surface area contributed by atoms with Crippen molar-refractivity contribution in [3.05, 3.63) is 66.5 Å². The Morgan fingerprint density at radius 3 is 2.52 bits per heavy atom. The molecule has 5 aromatic rings. The zero-order chi connectivity index (χ0) is 21.8. The van der Waals surface area contributed by atoms with Gasteiger partial charge in [-0.25, -0.2) is 0 Å². The van der Waals surface area contributed by atoms with Crippen LogP contribution in [0.3, 0.4) is 0 Å². The van der Waals surface area contributed by atoms with E-state index in [1.807, 2.05) is 12.1 Å². The standard InChI is InChI=1S/C25H22F2GeN2S/c1-28(2,3)20-13-17(12-16-6-4-5-7-18(16)20)23-25-24(30-14-29-23)19-9-8-15(11-22(26)27)10-21(19)31-25/h4-10,12-14,22H,11H2,1-3H3. The molecule has 0 bridgehead atoms. The molecule has 0 saturated heterocycles. The Kier molecular flexibility index (Phi) is 5.06. The fraction of sp³-hybridized carbons (Fsp3) is 0.200. The number of fused-ring (bicyclic) bond motifs is 4. The fourth-order valence-electron chi connectivity index (χ4n) is 4.20. The number of halogens is 2. The zero-order valence-corrected chi connectivity index (χ0v) is 20.5. The molecule has 0 N–H and O–H groups in total. The number of aromatic nitrogens is 2. The van der Waals surface area contributed by atoms with E-state index in [-0.39, 0.29) is 6.42 Å². The van der Waals surface area contributed by atoms with Gasteiger partial charge in [0.2, 0.25) is 0 Å². The predicted molar refractivity (Wildman–Crippen MR) is 131 cm³/mol. The van der Waals surface area contributed by atoms with Gasteiger partial charge in [0.15, 0.2) is 0 Å². The first-order valence-corrected chi connectivity index (χ1v) is 18.4. The number of alkyl halides is 2. The Bertz CT molecular complexity index is 1440. The second-order valence-corrected chi connectivity index (χ2v) is 20.5. The van der Waals surface area contributed by atoms with Crippen LogP contribution in [0.4, 0.5) is 8.78 Å². The summed E-state index contributed by atoms with van der Waals surface area (Å²) in [5.41, 5.74) is 3.55. The van der Waals surface area contributed by atoms with Crippen LogP contribution in [0.5, 0.6) is 0 Å². The fourth-order valence-corrected chi connectivity index (χ4v) is 8.84. The first-order chi connectivity index (χ1) is 14.8. The summed E-state index contributed by atoms with van der Waals surface area (Å²) < 4.78 is 29.2. The van der Waals surface area contributed by atoms with Gasteiger partial charge in [0.25, 0.3) is 0 Å². The molecule has 31 heavy (non-hydrogen) atoms. The summed E-state index contributed by atoms with van der Waals surface area (Å²) in [5, 5.41) is 3.55. The summed E-state index contributed by atoms with van der Waals surface area (Å²) in [5.74, 6) is 7.22. The van der Waals surface area contributed by atoms with E-state index in [0.29, 0.717) is 5.56 Å². The van der Waals surface area contributed by atoms with Crippen LogP contribution >= 0.6 is 11.3 Å². The summed E-state index contributed by atoms with van der Waals surface area (Å²) in [7, 11) is 0. The Morgan fingerprint density at radius 1 is 0.935 bits per heavy atom. The van der Waals surface area contributed by atoms with E-state index >= 15 is 0 Å². The normalized spacial score (nSPS) is 12.5. The molecule has 6 heteroatoms. The second-order valence-electron chi connectivity index (χ2n) is 8.92. The Labute approximate surface area is 186 Å². The summed E-state index contributed by atoms with van der Waals surface area (Å²) in [4.78, 5) is 9.22. The third-order valence-corrected chi connectivity index (χ3v) is 11.1. The van der Waals surface area contributed by atoms with E-state index in [0.717, 1.165) is 31.6 Å². The molecule has 2 heterocycles. The maximum absolute atomic E-state index is 12.9. The van der Waals surface area contributed by atoms with Crippen molar-refractivity contribution in [3.8, 4) is 11.3 Å². The average molecular weight is 493 g/mol. The van der Waals surface area contributed by atoms with E-state index in [9.17, 15) is 8.78 Å². The summed E-state index contributed by atoms with van der Waals surface area (Å²) in [6.07, 6.45) is -0.958. The Balaban J connectivity index is 1.76. The van der Waals surface area contributed by atoms with Gasteiger partial charge in [-0.1, -0.05) is 0 Å². The molecule has 0 saturated carbocycles. The molecule has 0 radical (unpaired) electrons. The zero-order valence-electron chi connectivity index (χ0n) is 17.6. The molecule has 0 aliphatic rings. The van der Waals surface area contributed by atoms with E-state index in [1.54, 1.807) is 23.7 Å². The molecular weight excluding hydrogens is 471 g/mol. The molecule has 2 aromatic heterocycles. The third kappa shape index (κ3) is 3.74. The molecule has 0 amide bonds. The number of hydrogen-bond acceptors (Lipinski definition) is 3. The van der Waals surface area contributed by atoms with Crippen LogP contribution in [0.15, 0.2) is 60.9 Å². The van der Waals surface area contributed by atoms with Crippen LogP contribution in [0.1, 0.15) is 5.56 Å². The van der Waals surface area contributed by atoms with Gasteiger partial charge >= 0.3 is 187 Å². The van der Waals surface area contributed by atoms with Crippen LogP contribution in [0.25, 0.3) is 42.3 Å². The summed E-state index contributed by atoms with van der Waals surface area (Å²) >= 11 is -0.558. The van der Waals surface area contributed by atoms with E-state index in [4.69, 9.17) is 0 Å². The van der Waals surface area contributed by atoms with Crippen molar-refractivity contribution in [1.82, 2.24) is 9.97 Å². The van der Waals surface area contributed by atoms with Crippen LogP contribution in [-0.4, -0.2) is 29.7 Å². The molecule has 0 aliphatic heterocycles. The van der Waals surface area contributed by atoms with Crippen molar-refractivity contribution in [2.24, 2.45) is 0 Å². The van der Waals surface area contributed by atoms with Gasteiger partial charge < -0.3 is 0 Å². The molecule has 0 spiro atoms. The minimum absolute atomic E-state index is 0.228. The molecule has 5 rings (SSSR count). The van der Waals surface area contributed by atoms with Crippen LogP contribution in [0.2, 0.25) is 17.3 Å². The van der Waals surface area contributed by atoms with Gasteiger partial charge in [-0.15, -0.1) is 0 Å². The van der Waals surface area contributed by atoms with Crippen LogP contribution in [-0.2, 0) is 6.42 Å². The maximum atomic E-state index is 12.9. The first kappa shape index (κ1) is 20.5. The molecule has 2 nitrogen and oxygen atoms in total. The van der Waals surface area contributed by atoms with E-state index < -0.39 is 19.7 Å². The minimum atomic E-state index is -2.35. The van der Waals surface area contributed by atoms with Gasteiger partial charge in [-0.05, 0) is 0 Å². The van der Waals surface area contributed by atoms with Crippen molar-refractivity contribution >= 4 is 60.1 Å². The number of thiophene rings is 1. The second kappa shape index (κ2) is 7.64. The van der Waals surface area contributed by atoms with Crippen molar-refractivity contribution in [1.29, 1.82) is 0 Å². The number of benzene rings is 3. The van der Waals surface area contributed by atoms with Gasteiger partial charge in [0.05, 0.1) is 0 Å². The topological polar surface area (TPSA) is 25.8 Å². The van der Waals surface area contributed by atoms with Gasteiger partial charge in [0, 0.05) is 0 Å². The van der Waals surface area contributed by atoms with Crippen LogP contribution in [0, 0.1) is 0 Å². The summed E-state index contributed by atoms with van der Waals surface area (Å²) in [6, 6.07) is 18.6. The molecule has 0 fully saturated rings. The molecule has 0 atom stereocenters. The van der Waals surface area contributed by atoms with Gasteiger partial charge in [-0.3, -0.25) is 0 Å². The predicted octanol–water partition coefficient (Wildman–Crippen LogP) is 7.02. The molecule has 0 aliphatic carbocycles. The Hall–Kier alpha value is -2.38. The average Bonchev–Trinajstić information content (AvgIpc) is 3.09. The van der Waals surface area contributed by atoms with Gasteiger partial charge in [-0.2, -0.15) is 0 Å². The number of nitrogens with zero attached hydrogens (tertiary/aromatic N) is 2. The monoisotopic (exact) mass is 494 g/mol. The Morgan fingerprint density at radius 2 is 1.74 bits per heavy atom. The number of rotatable bonds is 4. The van der Waals surface area contributed by atoms with Crippen molar-refractivity contribution in [2.75, 3.05) is 0 Å². The third-order valence-electron chi connectivity index (χ3n) is 5.65. The van der Waals surface area contributed by atoms with Crippen molar-refractivity contribution in [3.63, 3.8) is 0 Å². The van der Waals surface area contributed by atoms with Crippen molar-refractivity contribution in [2.45, 2.75) is 30.1 Å². The number of hydrogen-bond donors (Lipinski definition) is 0. The van der Waals surface area contributed by atoms with E-state index in [1.165, 1.54) is 15.2 Å². The SMILES string of the molecule is [CH3][Ge]([CH3])([CH3])[c]1cc(-c2ncnc3c2sc2cc(CC(F)F)ccc23)cc2ccccc12. The molecule has 0 unspecified atom stereocenters. The first-order valence-electron chi connectivity index (χ1n) is 10.3. The van der Waals surface area contributed by atoms with Crippen molar-refractivity contribution < 1.29 is 8.78 Å². The molecule has 156 valence electrons. The quantitative estimate of drug-likeness (QED) is 0.252. The van der Waals surface area contributed by atoms with Gasteiger partial charge in [0.1, 0.15) is 0 Å². The molecule has 3 aromatic carbocycles. The van der Waals surface area contributed by atoms with Crippen LogP contribution < -0.4 is 4.40 Å².